The fourth-order valence-corrected chi connectivity index (χ4v) is 4.54. The van der Waals surface area contributed by atoms with Crippen LogP contribution in [0.25, 0.3) is 0 Å². The van der Waals surface area contributed by atoms with E-state index in [2.05, 4.69) is 10.2 Å². The third-order valence-electron chi connectivity index (χ3n) is 4.82. The van der Waals surface area contributed by atoms with Crippen LogP contribution in [0.2, 0.25) is 0 Å². The van der Waals surface area contributed by atoms with Crippen LogP contribution in [0.15, 0.2) is 53.4 Å². The van der Waals surface area contributed by atoms with E-state index in [1.165, 1.54) is 22.5 Å². The Balaban J connectivity index is 1.47. The van der Waals surface area contributed by atoms with Crippen LogP contribution < -0.4 is 5.32 Å². The molecule has 1 aliphatic heterocycles. The Morgan fingerprint density at radius 1 is 1.04 bits per heavy atom. The van der Waals surface area contributed by atoms with Crippen LogP contribution in [0.3, 0.4) is 0 Å². The molecular weight excluding hydrogens is 381 g/mol. The first kappa shape index (κ1) is 20.4. The van der Waals surface area contributed by atoms with Crippen molar-refractivity contribution in [3.05, 3.63) is 65.5 Å². The first-order valence-corrected chi connectivity index (χ1v) is 10.6. The van der Waals surface area contributed by atoms with Crippen molar-refractivity contribution in [2.45, 2.75) is 11.8 Å². The van der Waals surface area contributed by atoms with Gasteiger partial charge in [-0.1, -0.05) is 29.8 Å². The summed E-state index contributed by atoms with van der Waals surface area (Å²) in [5.41, 5.74) is 1.04. The third-order valence-corrected chi connectivity index (χ3v) is 6.73. The van der Waals surface area contributed by atoms with Crippen LogP contribution in [0.4, 0.5) is 4.39 Å². The van der Waals surface area contributed by atoms with Crippen LogP contribution in [-0.2, 0) is 10.0 Å². The minimum absolute atomic E-state index is 0.0245. The standard InChI is InChI=1S/C20H24FN3O3S/c1-16-6-8-17(9-7-16)28(26,27)24-14-12-23(13-15-24)11-10-22-20(25)18-4-2-3-5-19(18)21/h2-9H,10-15H2,1H3,(H,22,25). The topological polar surface area (TPSA) is 69.7 Å². The highest BCUT2D eigenvalue weighted by atomic mass is 32.2. The molecule has 1 fully saturated rings. The van der Waals surface area contributed by atoms with Crippen molar-refractivity contribution in [2.24, 2.45) is 0 Å². The molecule has 0 saturated carbocycles. The highest BCUT2D eigenvalue weighted by molar-refractivity contribution is 7.89. The van der Waals surface area contributed by atoms with Crippen LogP contribution in [0.1, 0.15) is 15.9 Å². The van der Waals surface area contributed by atoms with Crippen LogP contribution in [0.5, 0.6) is 0 Å². The Hall–Kier alpha value is -2.29. The average Bonchev–Trinajstić information content (AvgIpc) is 2.69. The molecule has 0 spiro atoms. The van der Waals surface area contributed by atoms with Gasteiger partial charge in [0.2, 0.25) is 10.0 Å². The maximum atomic E-state index is 13.6. The predicted octanol–water partition coefficient (Wildman–Crippen LogP) is 1.87. The molecule has 1 heterocycles. The van der Waals surface area contributed by atoms with Crippen molar-refractivity contribution < 1.29 is 17.6 Å². The van der Waals surface area contributed by atoms with Crippen molar-refractivity contribution in [3.63, 3.8) is 0 Å². The molecule has 2 aromatic carbocycles. The number of nitrogens with one attached hydrogen (secondary N) is 1. The number of aryl methyl sites for hydroxylation is 1. The number of piperazine rings is 1. The first-order valence-electron chi connectivity index (χ1n) is 9.20. The second-order valence-corrected chi connectivity index (χ2v) is 8.73. The van der Waals surface area contributed by atoms with Crippen molar-refractivity contribution in [1.29, 1.82) is 0 Å². The van der Waals surface area contributed by atoms with E-state index in [-0.39, 0.29) is 5.56 Å². The molecular formula is C20H24FN3O3S. The van der Waals surface area contributed by atoms with Gasteiger partial charge in [-0.15, -0.1) is 0 Å². The van der Waals surface area contributed by atoms with Gasteiger partial charge in [0, 0.05) is 39.3 Å². The molecule has 28 heavy (non-hydrogen) atoms. The zero-order valence-corrected chi connectivity index (χ0v) is 16.6. The quantitative estimate of drug-likeness (QED) is 0.797. The molecule has 6 nitrogen and oxygen atoms in total. The van der Waals surface area contributed by atoms with Gasteiger partial charge < -0.3 is 5.32 Å². The van der Waals surface area contributed by atoms with Crippen LogP contribution in [0, 0.1) is 12.7 Å². The summed E-state index contributed by atoms with van der Waals surface area (Å²) in [6.07, 6.45) is 0. The van der Waals surface area contributed by atoms with Crippen molar-refractivity contribution >= 4 is 15.9 Å². The molecule has 0 unspecified atom stereocenters. The number of carbonyl (C=O) groups excluding carboxylic acids is 1. The highest BCUT2D eigenvalue weighted by Crippen LogP contribution is 2.18. The largest absolute Gasteiger partial charge is 0.351 e. The van der Waals surface area contributed by atoms with Gasteiger partial charge in [0.25, 0.3) is 5.91 Å². The Bertz CT molecular complexity index is 924. The molecule has 1 saturated heterocycles. The van der Waals surface area contributed by atoms with Gasteiger partial charge in [0.15, 0.2) is 0 Å². The molecule has 3 rings (SSSR count). The van der Waals surface area contributed by atoms with E-state index in [9.17, 15) is 17.6 Å². The maximum Gasteiger partial charge on any atom is 0.254 e. The lowest BCUT2D eigenvalue weighted by atomic mass is 10.2. The maximum absolute atomic E-state index is 13.6. The van der Waals surface area contributed by atoms with Crippen LogP contribution in [-0.4, -0.2) is 62.8 Å². The lowest BCUT2D eigenvalue weighted by Gasteiger charge is -2.34. The first-order chi connectivity index (χ1) is 13.4. The number of rotatable bonds is 6. The Morgan fingerprint density at radius 3 is 2.32 bits per heavy atom. The fourth-order valence-electron chi connectivity index (χ4n) is 3.12. The molecule has 0 aliphatic carbocycles. The lowest BCUT2D eigenvalue weighted by molar-refractivity contribution is 0.0941. The summed E-state index contributed by atoms with van der Waals surface area (Å²) in [5, 5.41) is 2.71. The monoisotopic (exact) mass is 405 g/mol. The number of benzene rings is 2. The molecule has 0 radical (unpaired) electrons. The van der Waals surface area contributed by atoms with Crippen molar-refractivity contribution in [3.8, 4) is 0 Å². The molecule has 1 amide bonds. The van der Waals surface area contributed by atoms with Crippen molar-refractivity contribution in [1.82, 2.24) is 14.5 Å². The SMILES string of the molecule is Cc1ccc(S(=O)(=O)N2CCN(CCNC(=O)c3ccccc3F)CC2)cc1. The normalized spacial score (nSPS) is 16.1. The van der Waals surface area contributed by atoms with E-state index in [0.717, 1.165) is 5.56 Å². The fraction of sp³-hybridized carbons (Fsp3) is 0.350. The second-order valence-electron chi connectivity index (χ2n) is 6.79. The number of nitrogens with zero attached hydrogens (tertiary/aromatic N) is 2. The summed E-state index contributed by atoms with van der Waals surface area (Å²) in [7, 11) is -3.48. The summed E-state index contributed by atoms with van der Waals surface area (Å²) in [5.74, 6) is -0.992. The smallest absolute Gasteiger partial charge is 0.254 e. The minimum Gasteiger partial charge on any atom is -0.351 e. The minimum atomic E-state index is -3.48. The number of sulfonamides is 1. The Labute approximate surface area is 165 Å². The number of amides is 1. The molecule has 8 heteroatoms. The Kier molecular flexibility index (Phi) is 6.43. The molecule has 2 aromatic rings. The summed E-state index contributed by atoms with van der Waals surface area (Å²) >= 11 is 0. The zero-order valence-electron chi connectivity index (χ0n) is 15.8. The van der Waals surface area contributed by atoms with Crippen LogP contribution >= 0.6 is 0 Å². The number of carbonyl (C=O) groups is 1. The second kappa shape index (κ2) is 8.81. The van der Waals surface area contributed by atoms with Crippen molar-refractivity contribution in [2.75, 3.05) is 39.3 Å². The van der Waals surface area contributed by atoms with Gasteiger partial charge >= 0.3 is 0 Å². The molecule has 0 aromatic heterocycles. The summed E-state index contributed by atoms with van der Waals surface area (Å²) < 4.78 is 40.5. The highest BCUT2D eigenvalue weighted by Gasteiger charge is 2.28. The van der Waals surface area contributed by atoms with E-state index in [1.807, 2.05) is 6.92 Å². The number of hydrogen-bond acceptors (Lipinski definition) is 4. The third kappa shape index (κ3) is 4.76. The average molecular weight is 405 g/mol. The van der Waals surface area contributed by atoms with Gasteiger partial charge in [0.1, 0.15) is 5.82 Å². The molecule has 0 bridgehead atoms. The summed E-state index contributed by atoms with van der Waals surface area (Å²) in [4.78, 5) is 14.4. The zero-order chi connectivity index (χ0) is 20.1. The van der Waals surface area contributed by atoms with E-state index in [0.29, 0.717) is 44.2 Å². The van der Waals surface area contributed by atoms with E-state index < -0.39 is 21.7 Å². The van der Waals surface area contributed by atoms with E-state index in [4.69, 9.17) is 0 Å². The summed E-state index contributed by atoms with van der Waals surface area (Å²) in [6, 6.07) is 12.7. The predicted molar refractivity (Wildman–Crippen MR) is 105 cm³/mol. The molecule has 0 atom stereocenters. The number of halogens is 1. The van der Waals surface area contributed by atoms with Gasteiger partial charge in [-0.3, -0.25) is 9.69 Å². The molecule has 1 N–H and O–H groups in total. The Morgan fingerprint density at radius 2 is 1.68 bits per heavy atom. The van der Waals surface area contributed by atoms with E-state index >= 15 is 0 Å². The van der Waals surface area contributed by atoms with Gasteiger partial charge in [-0.2, -0.15) is 4.31 Å². The molecule has 1 aliphatic rings. The summed E-state index contributed by atoms with van der Waals surface area (Å²) in [6.45, 7) is 4.84. The van der Waals surface area contributed by atoms with E-state index in [1.54, 1.807) is 30.3 Å². The van der Waals surface area contributed by atoms with Gasteiger partial charge in [0.05, 0.1) is 10.5 Å². The van der Waals surface area contributed by atoms with Gasteiger partial charge in [-0.05, 0) is 31.2 Å². The molecule has 150 valence electrons. The lowest BCUT2D eigenvalue weighted by Crippen LogP contribution is -2.50. The van der Waals surface area contributed by atoms with Gasteiger partial charge in [-0.25, -0.2) is 12.8 Å². The number of hydrogen-bond donors (Lipinski definition) is 1.